The number of aliphatic hydroxyl groups excluding tert-OH is 1. The van der Waals surface area contributed by atoms with Gasteiger partial charge in [-0.25, -0.2) is 5.43 Å². The van der Waals surface area contributed by atoms with Gasteiger partial charge in [-0.05, 0) is 24.7 Å². The molecule has 2 rings (SSSR count). The first-order chi connectivity index (χ1) is 7.72. The Kier molecular flexibility index (Phi) is 3.59. The van der Waals surface area contributed by atoms with Crippen molar-refractivity contribution in [1.82, 2.24) is 5.43 Å². The van der Waals surface area contributed by atoms with Gasteiger partial charge in [-0.3, -0.25) is 4.79 Å². The van der Waals surface area contributed by atoms with Gasteiger partial charge in [0.05, 0.1) is 12.0 Å². The van der Waals surface area contributed by atoms with Crippen molar-refractivity contribution in [3.8, 4) is 0 Å². The van der Waals surface area contributed by atoms with Crippen LogP contribution in [0.3, 0.4) is 0 Å². The number of hydrogen-bond donors (Lipinski definition) is 2. The average Bonchev–Trinajstić information content (AvgIpc) is 2.28. The Bertz CT molecular complexity index is 280. The molecule has 0 radical (unpaired) electrons. The van der Waals surface area contributed by atoms with E-state index in [1.165, 1.54) is 25.7 Å². The summed E-state index contributed by atoms with van der Waals surface area (Å²) in [6, 6.07) is 0. The van der Waals surface area contributed by atoms with Crippen LogP contribution < -0.4 is 5.43 Å². The standard InChI is InChI=1S/C12H20N2O2/c1-13-14-12(16)10-6-8-4-2-3-5-9(8)7-11(10)15/h8-11,15H,1-7H2,(H,14,16). The summed E-state index contributed by atoms with van der Waals surface area (Å²) < 4.78 is 0. The van der Waals surface area contributed by atoms with Gasteiger partial charge in [0.2, 0.25) is 5.91 Å². The fourth-order valence-electron chi connectivity index (χ4n) is 3.31. The zero-order valence-corrected chi connectivity index (χ0v) is 9.56. The van der Waals surface area contributed by atoms with Gasteiger partial charge in [0, 0.05) is 6.72 Å². The topological polar surface area (TPSA) is 61.7 Å². The van der Waals surface area contributed by atoms with Gasteiger partial charge in [0.25, 0.3) is 0 Å². The normalized spacial score (nSPS) is 38.6. The van der Waals surface area contributed by atoms with Crippen LogP contribution in [-0.2, 0) is 4.79 Å². The third kappa shape index (κ3) is 2.26. The Morgan fingerprint density at radius 3 is 2.50 bits per heavy atom. The predicted molar refractivity (Wildman–Crippen MR) is 61.9 cm³/mol. The van der Waals surface area contributed by atoms with Crippen molar-refractivity contribution in [2.75, 3.05) is 0 Å². The molecular formula is C12H20N2O2. The van der Waals surface area contributed by atoms with Crippen LogP contribution in [0.4, 0.5) is 0 Å². The molecule has 2 N–H and O–H groups in total. The van der Waals surface area contributed by atoms with E-state index < -0.39 is 6.10 Å². The fraction of sp³-hybridized carbons (Fsp3) is 0.833. The summed E-state index contributed by atoms with van der Waals surface area (Å²) in [5.41, 5.74) is 2.36. The Morgan fingerprint density at radius 2 is 1.88 bits per heavy atom. The first-order valence-corrected chi connectivity index (χ1v) is 6.16. The molecule has 0 aromatic rings. The Balaban J connectivity index is 1.99. The summed E-state index contributed by atoms with van der Waals surface area (Å²) in [6.07, 6.45) is 6.07. The van der Waals surface area contributed by atoms with Crippen molar-refractivity contribution in [2.45, 2.75) is 44.6 Å². The highest BCUT2D eigenvalue weighted by atomic mass is 16.3. The lowest BCUT2D eigenvalue weighted by Gasteiger charge is -2.41. The monoisotopic (exact) mass is 224 g/mol. The number of nitrogens with zero attached hydrogens (tertiary/aromatic N) is 1. The Labute approximate surface area is 96.1 Å². The van der Waals surface area contributed by atoms with Crippen molar-refractivity contribution < 1.29 is 9.90 Å². The predicted octanol–water partition coefficient (Wildman–Crippen LogP) is 1.30. The molecule has 1 amide bonds. The molecule has 90 valence electrons. The number of hydrazone groups is 1. The number of aliphatic hydroxyl groups is 1. The summed E-state index contributed by atoms with van der Waals surface area (Å²) in [5.74, 6) is 0.790. The van der Waals surface area contributed by atoms with Crippen LogP contribution in [0.5, 0.6) is 0 Å². The maximum atomic E-state index is 11.7. The van der Waals surface area contributed by atoms with E-state index >= 15 is 0 Å². The highest BCUT2D eigenvalue weighted by Gasteiger charge is 2.40. The third-order valence-corrected chi connectivity index (χ3v) is 4.16. The second-order valence-corrected chi connectivity index (χ2v) is 5.08. The molecule has 0 bridgehead atoms. The number of amides is 1. The lowest BCUT2D eigenvalue weighted by Crippen LogP contribution is -2.43. The van der Waals surface area contributed by atoms with Crippen molar-refractivity contribution in [1.29, 1.82) is 0 Å². The summed E-state index contributed by atoms with van der Waals surface area (Å²) in [5, 5.41) is 13.4. The van der Waals surface area contributed by atoms with Crippen molar-refractivity contribution in [3.05, 3.63) is 0 Å². The first kappa shape index (κ1) is 11.6. The first-order valence-electron chi connectivity index (χ1n) is 6.16. The minimum atomic E-state index is -0.499. The zero-order chi connectivity index (χ0) is 11.5. The molecule has 2 aliphatic carbocycles. The smallest absolute Gasteiger partial charge is 0.245 e. The van der Waals surface area contributed by atoms with Crippen molar-refractivity contribution in [2.24, 2.45) is 22.9 Å². The Hall–Kier alpha value is -0.900. The minimum Gasteiger partial charge on any atom is -0.392 e. The molecule has 2 aliphatic rings. The minimum absolute atomic E-state index is 0.175. The van der Waals surface area contributed by atoms with Crippen LogP contribution >= 0.6 is 0 Å². The largest absolute Gasteiger partial charge is 0.392 e. The van der Waals surface area contributed by atoms with E-state index in [9.17, 15) is 9.90 Å². The van der Waals surface area contributed by atoms with Crippen molar-refractivity contribution in [3.63, 3.8) is 0 Å². The molecule has 4 unspecified atom stereocenters. The van der Waals surface area contributed by atoms with E-state index in [0.29, 0.717) is 11.8 Å². The average molecular weight is 224 g/mol. The van der Waals surface area contributed by atoms with E-state index in [4.69, 9.17) is 0 Å². The highest BCUT2D eigenvalue weighted by Crippen LogP contribution is 2.42. The molecular weight excluding hydrogens is 204 g/mol. The number of hydrogen-bond acceptors (Lipinski definition) is 3. The van der Waals surface area contributed by atoms with Gasteiger partial charge in [-0.1, -0.05) is 25.7 Å². The molecule has 4 nitrogen and oxygen atoms in total. The molecule has 2 fully saturated rings. The lowest BCUT2D eigenvalue weighted by molar-refractivity contribution is -0.133. The summed E-state index contributed by atoms with van der Waals surface area (Å²) in [4.78, 5) is 11.7. The van der Waals surface area contributed by atoms with Crippen LogP contribution in [0.15, 0.2) is 5.10 Å². The van der Waals surface area contributed by atoms with Crippen LogP contribution in [0.1, 0.15) is 38.5 Å². The number of carbonyl (C=O) groups excluding carboxylic acids is 1. The van der Waals surface area contributed by atoms with Crippen LogP contribution in [-0.4, -0.2) is 23.8 Å². The van der Waals surface area contributed by atoms with Gasteiger partial charge < -0.3 is 5.11 Å². The number of fused-ring (bicyclic) bond motifs is 1. The molecule has 0 aromatic carbocycles. The maximum absolute atomic E-state index is 11.7. The maximum Gasteiger partial charge on any atom is 0.245 e. The van der Waals surface area contributed by atoms with Gasteiger partial charge in [-0.2, -0.15) is 5.10 Å². The molecule has 0 heterocycles. The molecule has 0 spiro atoms. The van der Waals surface area contributed by atoms with Crippen LogP contribution in [0.25, 0.3) is 0 Å². The number of carbonyl (C=O) groups is 1. The molecule has 2 saturated carbocycles. The fourth-order valence-corrected chi connectivity index (χ4v) is 3.31. The Morgan fingerprint density at radius 1 is 1.25 bits per heavy atom. The number of rotatable bonds is 2. The lowest BCUT2D eigenvalue weighted by atomic mass is 9.66. The molecule has 0 aliphatic heterocycles. The van der Waals surface area contributed by atoms with E-state index in [-0.39, 0.29) is 11.8 Å². The molecule has 0 saturated heterocycles. The van der Waals surface area contributed by atoms with Gasteiger partial charge in [0.1, 0.15) is 0 Å². The van der Waals surface area contributed by atoms with Gasteiger partial charge in [0.15, 0.2) is 0 Å². The molecule has 4 atom stereocenters. The number of nitrogens with one attached hydrogen (secondary N) is 1. The highest BCUT2D eigenvalue weighted by molar-refractivity contribution is 5.79. The van der Waals surface area contributed by atoms with E-state index in [1.807, 2.05) is 0 Å². The van der Waals surface area contributed by atoms with E-state index in [0.717, 1.165) is 12.8 Å². The van der Waals surface area contributed by atoms with Gasteiger partial charge >= 0.3 is 0 Å². The summed E-state index contributed by atoms with van der Waals surface area (Å²) in [6.45, 7) is 3.24. The van der Waals surface area contributed by atoms with Crippen LogP contribution in [0, 0.1) is 17.8 Å². The van der Waals surface area contributed by atoms with Crippen molar-refractivity contribution >= 4 is 12.6 Å². The SMILES string of the molecule is C=NNC(=O)C1CC2CCCCC2CC1O. The summed E-state index contributed by atoms with van der Waals surface area (Å²) in [7, 11) is 0. The quantitative estimate of drug-likeness (QED) is 0.548. The molecule has 4 heteroatoms. The zero-order valence-electron chi connectivity index (χ0n) is 9.56. The molecule has 16 heavy (non-hydrogen) atoms. The molecule has 0 aromatic heterocycles. The third-order valence-electron chi connectivity index (χ3n) is 4.16. The van der Waals surface area contributed by atoms with E-state index in [2.05, 4.69) is 17.2 Å². The summed E-state index contributed by atoms with van der Waals surface area (Å²) >= 11 is 0. The van der Waals surface area contributed by atoms with E-state index in [1.54, 1.807) is 0 Å². The second-order valence-electron chi connectivity index (χ2n) is 5.08. The second kappa shape index (κ2) is 4.95. The van der Waals surface area contributed by atoms with Crippen LogP contribution in [0.2, 0.25) is 0 Å². The van der Waals surface area contributed by atoms with Gasteiger partial charge in [-0.15, -0.1) is 0 Å².